The molecule has 2 aromatic rings. The third kappa shape index (κ3) is 3.80. The molecule has 0 fully saturated rings. The highest BCUT2D eigenvalue weighted by Gasteiger charge is 2.39. The number of Topliss-reactive ketones (excluding diaryl/α,β-unsaturated/α-hetero) is 1. The Hall–Kier alpha value is -1.89. The molecule has 0 amide bonds. The lowest BCUT2D eigenvalue weighted by Crippen LogP contribution is -2.24. The van der Waals surface area contributed by atoms with Crippen LogP contribution in [0.25, 0.3) is 0 Å². The summed E-state index contributed by atoms with van der Waals surface area (Å²) in [5.41, 5.74) is 0.784. The molecule has 0 bridgehead atoms. The van der Waals surface area contributed by atoms with E-state index < -0.39 is 18.4 Å². The first-order valence-corrected chi connectivity index (χ1v) is 5.88. The molecule has 1 aromatic heterocycles. The van der Waals surface area contributed by atoms with Gasteiger partial charge in [-0.25, -0.2) is 0 Å². The number of rotatable bonds is 4. The van der Waals surface area contributed by atoms with Gasteiger partial charge in [-0.05, 0) is 17.7 Å². The highest BCUT2D eigenvalue weighted by atomic mass is 35.5. The van der Waals surface area contributed by atoms with Crippen molar-refractivity contribution in [2.24, 2.45) is 0 Å². The highest BCUT2D eigenvalue weighted by Crippen LogP contribution is 2.18. The van der Waals surface area contributed by atoms with Crippen LogP contribution in [0.5, 0.6) is 0 Å². The summed E-state index contributed by atoms with van der Waals surface area (Å²) in [6.07, 6.45) is -5.60. The van der Waals surface area contributed by atoms with Crippen LogP contribution in [0.4, 0.5) is 13.2 Å². The van der Waals surface area contributed by atoms with Crippen molar-refractivity contribution >= 4 is 17.4 Å². The molecular weight excluding hydrogens is 297 g/mol. The van der Waals surface area contributed by atoms with Gasteiger partial charge in [-0.3, -0.25) is 4.79 Å². The monoisotopic (exact) mass is 304 g/mol. The van der Waals surface area contributed by atoms with Crippen molar-refractivity contribution in [1.82, 2.24) is 10.1 Å². The topological polar surface area (TPSA) is 56.0 Å². The van der Waals surface area contributed by atoms with E-state index in [4.69, 9.17) is 11.6 Å². The fraction of sp³-hybridized carbons (Fsp3) is 0.250. The average Bonchev–Trinajstić information content (AvgIpc) is 2.75. The first-order chi connectivity index (χ1) is 9.34. The molecule has 106 valence electrons. The molecule has 1 heterocycles. The number of hydrogen-bond acceptors (Lipinski definition) is 4. The quantitative estimate of drug-likeness (QED) is 0.871. The summed E-state index contributed by atoms with van der Waals surface area (Å²) in [7, 11) is 0. The van der Waals surface area contributed by atoms with Crippen molar-refractivity contribution in [1.29, 1.82) is 0 Å². The zero-order valence-corrected chi connectivity index (χ0v) is 10.7. The van der Waals surface area contributed by atoms with Crippen LogP contribution in [0, 0.1) is 0 Å². The second-order valence-electron chi connectivity index (χ2n) is 4.01. The largest absolute Gasteiger partial charge is 0.450 e. The van der Waals surface area contributed by atoms with Crippen molar-refractivity contribution in [2.75, 3.05) is 0 Å². The molecule has 20 heavy (non-hydrogen) atoms. The van der Waals surface area contributed by atoms with Crippen molar-refractivity contribution in [3.63, 3.8) is 0 Å². The minimum Gasteiger partial charge on any atom is -0.339 e. The summed E-state index contributed by atoms with van der Waals surface area (Å²) < 4.78 is 40.9. The van der Waals surface area contributed by atoms with Crippen molar-refractivity contribution in [2.45, 2.75) is 19.0 Å². The number of alkyl halides is 3. The Morgan fingerprint density at radius 3 is 2.75 bits per heavy atom. The number of carbonyl (C=O) groups is 1. The SMILES string of the molecule is O=C(Cc1nc(Cc2cccc(Cl)c2)no1)C(F)(F)F. The Morgan fingerprint density at radius 2 is 2.10 bits per heavy atom. The highest BCUT2D eigenvalue weighted by molar-refractivity contribution is 6.30. The lowest BCUT2D eigenvalue weighted by molar-refractivity contribution is -0.170. The van der Waals surface area contributed by atoms with Gasteiger partial charge in [0.25, 0.3) is 0 Å². The summed E-state index contributed by atoms with van der Waals surface area (Å²) in [6.45, 7) is 0. The van der Waals surface area contributed by atoms with Gasteiger partial charge >= 0.3 is 6.18 Å². The molecule has 0 aliphatic rings. The van der Waals surface area contributed by atoms with Crippen molar-refractivity contribution in [3.05, 3.63) is 46.6 Å². The van der Waals surface area contributed by atoms with E-state index in [2.05, 4.69) is 14.7 Å². The second kappa shape index (κ2) is 5.62. The molecule has 0 aliphatic heterocycles. The Balaban J connectivity index is 2.04. The maximum atomic E-state index is 12.1. The first-order valence-electron chi connectivity index (χ1n) is 5.50. The maximum absolute atomic E-state index is 12.1. The lowest BCUT2D eigenvalue weighted by Gasteiger charge is -2.00. The van der Waals surface area contributed by atoms with Crippen molar-refractivity contribution in [3.8, 4) is 0 Å². The summed E-state index contributed by atoms with van der Waals surface area (Å²) in [6, 6.07) is 6.86. The predicted molar refractivity (Wildman–Crippen MR) is 63.3 cm³/mol. The number of ketones is 1. The van der Waals surface area contributed by atoms with E-state index in [-0.39, 0.29) is 18.1 Å². The summed E-state index contributed by atoms with van der Waals surface area (Å²) >= 11 is 5.80. The van der Waals surface area contributed by atoms with Crippen LogP contribution < -0.4 is 0 Å². The van der Waals surface area contributed by atoms with Gasteiger partial charge in [-0.2, -0.15) is 18.2 Å². The molecule has 0 radical (unpaired) electrons. The summed E-state index contributed by atoms with van der Waals surface area (Å²) in [5.74, 6) is -2.09. The summed E-state index contributed by atoms with van der Waals surface area (Å²) in [4.78, 5) is 14.5. The van der Waals surface area contributed by atoms with Gasteiger partial charge in [0.05, 0.1) is 6.42 Å². The Labute approximate surface area is 116 Å². The number of hydrogen-bond donors (Lipinski definition) is 0. The molecule has 0 saturated heterocycles. The number of carbonyl (C=O) groups excluding carboxylic acids is 1. The van der Waals surface area contributed by atoms with Crippen LogP contribution >= 0.6 is 11.6 Å². The van der Waals surface area contributed by atoms with Crippen LogP contribution in [-0.2, 0) is 17.6 Å². The van der Waals surface area contributed by atoms with Crippen LogP contribution in [-0.4, -0.2) is 22.1 Å². The molecular formula is C12H8ClF3N2O2. The van der Waals surface area contributed by atoms with E-state index in [1.807, 2.05) is 0 Å². The molecule has 0 saturated carbocycles. The van der Waals surface area contributed by atoms with Gasteiger partial charge in [0.2, 0.25) is 11.7 Å². The molecule has 0 atom stereocenters. The molecule has 2 rings (SSSR count). The number of benzene rings is 1. The molecule has 1 aromatic carbocycles. The van der Waals surface area contributed by atoms with E-state index >= 15 is 0 Å². The van der Waals surface area contributed by atoms with E-state index in [9.17, 15) is 18.0 Å². The Morgan fingerprint density at radius 1 is 1.35 bits per heavy atom. The van der Waals surface area contributed by atoms with E-state index in [1.54, 1.807) is 24.3 Å². The molecule has 4 nitrogen and oxygen atoms in total. The van der Waals surface area contributed by atoms with E-state index in [0.29, 0.717) is 5.02 Å². The number of nitrogens with zero attached hydrogens (tertiary/aromatic N) is 2. The minimum atomic E-state index is -4.90. The third-order valence-corrected chi connectivity index (χ3v) is 2.62. The zero-order chi connectivity index (χ0) is 14.8. The van der Waals surface area contributed by atoms with Crippen molar-refractivity contribution < 1.29 is 22.5 Å². The van der Waals surface area contributed by atoms with Gasteiger partial charge in [-0.1, -0.05) is 28.9 Å². The van der Waals surface area contributed by atoms with Crippen LogP contribution in [0.2, 0.25) is 5.02 Å². The molecule has 0 aliphatic carbocycles. The fourth-order valence-corrected chi connectivity index (χ4v) is 1.71. The van der Waals surface area contributed by atoms with E-state index in [0.717, 1.165) is 5.56 Å². The average molecular weight is 305 g/mol. The number of halogens is 4. The number of aromatic nitrogens is 2. The smallest absolute Gasteiger partial charge is 0.339 e. The Bertz CT molecular complexity index is 625. The van der Waals surface area contributed by atoms with Gasteiger partial charge in [0.15, 0.2) is 5.82 Å². The minimum absolute atomic E-state index is 0.192. The van der Waals surface area contributed by atoms with Crippen LogP contribution in [0.1, 0.15) is 17.3 Å². The van der Waals surface area contributed by atoms with E-state index in [1.165, 1.54) is 0 Å². The molecule has 8 heteroatoms. The van der Waals surface area contributed by atoms with Gasteiger partial charge in [0.1, 0.15) is 0 Å². The van der Waals surface area contributed by atoms with Crippen LogP contribution in [0.15, 0.2) is 28.8 Å². The zero-order valence-electron chi connectivity index (χ0n) is 9.95. The molecule has 0 unspecified atom stereocenters. The standard InChI is InChI=1S/C12H8ClF3N2O2/c13-8-3-1-2-7(4-8)5-10-17-11(20-18-10)6-9(19)12(14,15)16/h1-4H,5-6H2. The van der Waals surface area contributed by atoms with Crippen LogP contribution in [0.3, 0.4) is 0 Å². The predicted octanol–water partition coefficient (Wildman–Crippen LogP) is 2.99. The first kappa shape index (κ1) is 14.5. The second-order valence-corrected chi connectivity index (χ2v) is 4.45. The normalized spacial score (nSPS) is 11.6. The third-order valence-electron chi connectivity index (χ3n) is 2.39. The van der Waals surface area contributed by atoms with Gasteiger partial charge < -0.3 is 4.52 Å². The van der Waals surface area contributed by atoms with Gasteiger partial charge in [-0.15, -0.1) is 0 Å². The Kier molecular flexibility index (Phi) is 4.08. The maximum Gasteiger partial charge on any atom is 0.450 e. The lowest BCUT2D eigenvalue weighted by atomic mass is 10.1. The molecule has 0 spiro atoms. The molecule has 0 N–H and O–H groups in total. The summed E-state index contributed by atoms with van der Waals surface area (Å²) in [5, 5.41) is 4.05. The van der Waals surface area contributed by atoms with Gasteiger partial charge in [0, 0.05) is 11.4 Å². The fourth-order valence-electron chi connectivity index (χ4n) is 1.50.